The van der Waals surface area contributed by atoms with E-state index in [-0.39, 0.29) is 17.5 Å². The summed E-state index contributed by atoms with van der Waals surface area (Å²) in [6, 6.07) is 2.22. The fourth-order valence-electron chi connectivity index (χ4n) is 4.88. The Morgan fingerprint density at radius 2 is 1.71 bits per heavy atom. The third kappa shape index (κ3) is 7.07. The van der Waals surface area contributed by atoms with Gasteiger partial charge >= 0.3 is 0 Å². The van der Waals surface area contributed by atoms with Crippen molar-refractivity contribution >= 4 is 5.95 Å². The fraction of sp³-hybridized carbons (Fsp3) is 0.517. The Morgan fingerprint density at radius 1 is 1.02 bits per heavy atom. The van der Waals surface area contributed by atoms with E-state index in [1.807, 2.05) is 0 Å². The van der Waals surface area contributed by atoms with Crippen molar-refractivity contribution in [2.24, 2.45) is 11.8 Å². The molecule has 1 aromatic carbocycles. The van der Waals surface area contributed by atoms with E-state index in [9.17, 15) is 13.9 Å². The molecule has 4 aromatic rings. The summed E-state index contributed by atoms with van der Waals surface area (Å²) >= 11 is 0. The molecule has 0 bridgehead atoms. The van der Waals surface area contributed by atoms with E-state index in [4.69, 9.17) is 13.8 Å². The molecule has 1 aliphatic rings. The van der Waals surface area contributed by atoms with Crippen LogP contribution in [-0.4, -0.2) is 55.1 Å². The Morgan fingerprint density at radius 3 is 2.38 bits per heavy atom. The topological polar surface area (TPSA) is 136 Å². The molecule has 1 saturated heterocycles. The van der Waals surface area contributed by atoms with Gasteiger partial charge < -0.3 is 23.8 Å². The van der Waals surface area contributed by atoms with Gasteiger partial charge in [-0.3, -0.25) is 0 Å². The molecule has 0 radical (unpaired) electrons. The number of ether oxygens (including phenoxy) is 1. The highest BCUT2D eigenvalue weighted by molar-refractivity contribution is 5.58. The molecule has 0 aliphatic carbocycles. The van der Waals surface area contributed by atoms with Gasteiger partial charge in [-0.1, -0.05) is 31.1 Å². The second-order valence-corrected chi connectivity index (χ2v) is 10.9. The van der Waals surface area contributed by atoms with Gasteiger partial charge in [0.2, 0.25) is 23.5 Å². The van der Waals surface area contributed by atoms with E-state index < -0.39 is 23.3 Å². The highest BCUT2D eigenvalue weighted by atomic mass is 19.1. The normalized spacial score (nSPS) is 15.0. The maximum Gasteiger partial charge on any atom is 0.255 e. The van der Waals surface area contributed by atoms with E-state index >= 15 is 0 Å². The minimum Gasteiger partial charge on any atom is -0.493 e. The number of rotatable bonds is 12. The molecule has 224 valence electrons. The largest absolute Gasteiger partial charge is 0.493 e. The number of piperidine rings is 1. The lowest BCUT2D eigenvalue weighted by molar-refractivity contribution is 0.130. The van der Waals surface area contributed by atoms with Crippen molar-refractivity contribution in [1.82, 2.24) is 30.2 Å². The first-order chi connectivity index (χ1) is 20.3. The summed E-state index contributed by atoms with van der Waals surface area (Å²) in [5, 5.41) is 17.4. The van der Waals surface area contributed by atoms with E-state index in [0.717, 1.165) is 62.9 Å². The first-order valence-corrected chi connectivity index (χ1v) is 14.3. The maximum absolute atomic E-state index is 14.7. The SMILES string of the molecule is CCC(O)c1nc(-c2c(F)cc(OCCCC3CCN(c4ncc(-c5noc(CC(C)C)n5)cn4)CC3)cc2F)no1. The van der Waals surface area contributed by atoms with Crippen LogP contribution in [0.25, 0.3) is 22.8 Å². The van der Waals surface area contributed by atoms with Gasteiger partial charge in [0.1, 0.15) is 23.5 Å². The molecule has 4 heterocycles. The molecule has 1 fully saturated rings. The molecule has 13 heteroatoms. The van der Waals surface area contributed by atoms with Crippen LogP contribution in [0.15, 0.2) is 33.6 Å². The number of hydrogen-bond donors (Lipinski definition) is 1. The quantitative estimate of drug-likeness (QED) is 0.210. The Kier molecular flexibility index (Phi) is 9.35. The molecule has 0 saturated carbocycles. The van der Waals surface area contributed by atoms with Crippen LogP contribution in [0.5, 0.6) is 5.75 Å². The zero-order chi connectivity index (χ0) is 29.6. The molecule has 1 unspecified atom stereocenters. The zero-order valence-corrected chi connectivity index (χ0v) is 24.0. The number of anilines is 1. The predicted molar refractivity (Wildman–Crippen MR) is 148 cm³/mol. The molecule has 5 rings (SSSR count). The molecule has 11 nitrogen and oxygen atoms in total. The monoisotopic (exact) mass is 583 g/mol. The number of aromatic nitrogens is 6. The lowest BCUT2D eigenvalue weighted by Gasteiger charge is -2.32. The Hall–Kier alpha value is -4.00. The lowest BCUT2D eigenvalue weighted by atomic mass is 9.92. The first-order valence-electron chi connectivity index (χ1n) is 14.3. The van der Waals surface area contributed by atoms with Gasteiger partial charge in [-0.25, -0.2) is 18.7 Å². The van der Waals surface area contributed by atoms with Crippen molar-refractivity contribution in [1.29, 1.82) is 0 Å². The van der Waals surface area contributed by atoms with Crippen molar-refractivity contribution in [2.45, 2.75) is 65.4 Å². The van der Waals surface area contributed by atoms with E-state index in [1.165, 1.54) is 0 Å². The van der Waals surface area contributed by atoms with Crippen molar-refractivity contribution in [2.75, 3.05) is 24.6 Å². The average molecular weight is 584 g/mol. The zero-order valence-electron chi connectivity index (χ0n) is 24.0. The van der Waals surface area contributed by atoms with Gasteiger partial charge in [0.05, 0.1) is 17.7 Å². The predicted octanol–water partition coefficient (Wildman–Crippen LogP) is 5.57. The molecule has 1 aliphatic heterocycles. The Bertz CT molecular complexity index is 1430. The van der Waals surface area contributed by atoms with Crippen LogP contribution in [0, 0.1) is 23.5 Å². The number of aliphatic hydroxyl groups excluding tert-OH is 1. The fourth-order valence-corrected chi connectivity index (χ4v) is 4.88. The Labute approximate surface area is 242 Å². The lowest BCUT2D eigenvalue weighted by Crippen LogP contribution is -2.34. The van der Waals surface area contributed by atoms with Gasteiger partial charge in [0.15, 0.2) is 0 Å². The number of halogens is 2. The molecule has 0 spiro atoms. The van der Waals surface area contributed by atoms with E-state index in [0.29, 0.717) is 42.5 Å². The van der Waals surface area contributed by atoms with Crippen molar-refractivity contribution in [3.8, 4) is 28.5 Å². The van der Waals surface area contributed by atoms with Gasteiger partial charge in [-0.2, -0.15) is 9.97 Å². The van der Waals surface area contributed by atoms with Crippen LogP contribution < -0.4 is 9.64 Å². The van der Waals surface area contributed by atoms with Crippen LogP contribution in [0.1, 0.15) is 70.8 Å². The molecule has 3 aromatic heterocycles. The van der Waals surface area contributed by atoms with Crippen molar-refractivity contribution in [3.63, 3.8) is 0 Å². The van der Waals surface area contributed by atoms with Crippen LogP contribution in [-0.2, 0) is 6.42 Å². The summed E-state index contributed by atoms with van der Waals surface area (Å²) in [4.78, 5) is 19.5. The second-order valence-electron chi connectivity index (χ2n) is 10.9. The van der Waals surface area contributed by atoms with Crippen LogP contribution in [0.3, 0.4) is 0 Å². The summed E-state index contributed by atoms with van der Waals surface area (Å²) < 4.78 is 45.2. The summed E-state index contributed by atoms with van der Waals surface area (Å²) in [6.07, 6.45) is 7.22. The highest BCUT2D eigenvalue weighted by Gasteiger charge is 2.23. The summed E-state index contributed by atoms with van der Waals surface area (Å²) in [5.74, 6) is 0.762. The minimum atomic E-state index is -0.987. The molecule has 1 atom stereocenters. The third-order valence-corrected chi connectivity index (χ3v) is 7.22. The highest BCUT2D eigenvalue weighted by Crippen LogP contribution is 2.30. The van der Waals surface area contributed by atoms with Crippen molar-refractivity contribution in [3.05, 3.63) is 47.9 Å². The van der Waals surface area contributed by atoms with Crippen LogP contribution >= 0.6 is 0 Å². The van der Waals surface area contributed by atoms with Crippen molar-refractivity contribution < 1.29 is 27.7 Å². The van der Waals surface area contributed by atoms with Gasteiger partial charge in [0.25, 0.3) is 5.89 Å². The third-order valence-electron chi connectivity index (χ3n) is 7.22. The molecule has 42 heavy (non-hydrogen) atoms. The summed E-state index contributed by atoms with van der Waals surface area (Å²) in [5.41, 5.74) is 0.300. The summed E-state index contributed by atoms with van der Waals surface area (Å²) in [7, 11) is 0. The number of hydrogen-bond acceptors (Lipinski definition) is 11. The number of aliphatic hydroxyl groups is 1. The Balaban J connectivity index is 1.06. The van der Waals surface area contributed by atoms with Crippen LogP contribution in [0.4, 0.5) is 14.7 Å². The second kappa shape index (κ2) is 13.3. The molecule has 1 N–H and O–H groups in total. The molecular formula is C29H35F2N7O4. The standard InChI is InChI=1S/C29H35F2N7O4/c1-4-23(39)28-35-27(37-42-28)25-21(30)13-20(14-22(25)31)40-11-5-6-18-7-9-38(10-8-18)29-32-15-19(16-33-29)26-34-24(41-36-26)12-17(2)3/h13-18,23,39H,4-12H2,1-3H3. The first kappa shape index (κ1) is 29.5. The number of benzene rings is 1. The molecule has 0 amide bonds. The van der Waals surface area contributed by atoms with E-state index in [1.54, 1.807) is 19.3 Å². The van der Waals surface area contributed by atoms with E-state index in [2.05, 4.69) is 49.0 Å². The number of nitrogens with zero attached hydrogens (tertiary/aromatic N) is 7. The summed E-state index contributed by atoms with van der Waals surface area (Å²) in [6.45, 7) is 7.95. The van der Waals surface area contributed by atoms with Gasteiger partial charge in [-0.05, 0) is 43.9 Å². The average Bonchev–Trinajstić information content (AvgIpc) is 3.65. The molecular weight excluding hydrogens is 548 g/mol. The van der Waals surface area contributed by atoms with Gasteiger partial charge in [0, 0.05) is 44.0 Å². The van der Waals surface area contributed by atoms with Crippen LogP contribution in [0.2, 0.25) is 0 Å². The minimum absolute atomic E-state index is 0.0843. The van der Waals surface area contributed by atoms with Gasteiger partial charge in [-0.15, -0.1) is 0 Å². The maximum atomic E-state index is 14.7. The smallest absolute Gasteiger partial charge is 0.255 e.